The van der Waals surface area contributed by atoms with Gasteiger partial charge in [-0.25, -0.2) is 4.98 Å². The number of aromatic nitrogens is 1. The Morgan fingerprint density at radius 1 is 1.67 bits per heavy atom. The smallest absolute Gasteiger partial charge is 0.221 e. The number of carbonyl (C=O) groups excluding carboxylic acids is 1. The van der Waals surface area contributed by atoms with Crippen molar-refractivity contribution in [1.29, 1.82) is 0 Å². The van der Waals surface area contributed by atoms with E-state index >= 15 is 0 Å². The Morgan fingerprint density at radius 3 is 3.07 bits per heavy atom. The molecule has 1 unspecified atom stereocenters. The zero-order valence-corrected chi connectivity index (χ0v) is 9.93. The summed E-state index contributed by atoms with van der Waals surface area (Å²) in [4.78, 5) is 15.6. The Labute approximate surface area is 94.1 Å². The lowest BCUT2D eigenvalue weighted by Gasteiger charge is -2.11. The van der Waals surface area contributed by atoms with Crippen LogP contribution >= 0.6 is 11.3 Å². The molecule has 1 rings (SSSR count). The molecule has 0 bridgehead atoms. The fourth-order valence-corrected chi connectivity index (χ4v) is 1.85. The molecular formula is C10H17N3OS. The van der Waals surface area contributed by atoms with Crippen LogP contribution in [0, 0.1) is 0 Å². The maximum Gasteiger partial charge on any atom is 0.221 e. The molecule has 5 heteroatoms. The summed E-state index contributed by atoms with van der Waals surface area (Å²) in [5.41, 5.74) is 0. The number of nitrogens with one attached hydrogen (secondary N) is 2. The van der Waals surface area contributed by atoms with Crippen molar-refractivity contribution in [3.8, 4) is 0 Å². The van der Waals surface area contributed by atoms with Gasteiger partial charge in [-0.15, -0.1) is 11.3 Å². The number of amides is 1. The molecule has 1 heterocycles. The number of carbonyl (C=O) groups is 1. The number of hydrogen-bond donors (Lipinski definition) is 2. The second kappa shape index (κ2) is 6.53. The van der Waals surface area contributed by atoms with Crippen molar-refractivity contribution in [3.05, 3.63) is 16.6 Å². The molecule has 0 aliphatic heterocycles. The van der Waals surface area contributed by atoms with Gasteiger partial charge in [0.25, 0.3) is 0 Å². The summed E-state index contributed by atoms with van der Waals surface area (Å²) in [6.45, 7) is 5.60. The van der Waals surface area contributed by atoms with Crippen LogP contribution in [-0.4, -0.2) is 24.0 Å². The first-order valence-corrected chi connectivity index (χ1v) is 6.01. The molecule has 1 atom stereocenters. The summed E-state index contributed by atoms with van der Waals surface area (Å²) in [6, 6.07) is 0.0131. The first-order chi connectivity index (χ1) is 7.24. The van der Waals surface area contributed by atoms with Crippen LogP contribution in [0.5, 0.6) is 0 Å². The van der Waals surface area contributed by atoms with Crippen LogP contribution in [0.3, 0.4) is 0 Å². The number of rotatable bonds is 6. The van der Waals surface area contributed by atoms with Crippen LogP contribution in [0.1, 0.15) is 31.3 Å². The van der Waals surface area contributed by atoms with Crippen LogP contribution in [0.25, 0.3) is 0 Å². The van der Waals surface area contributed by atoms with Crippen molar-refractivity contribution in [3.63, 3.8) is 0 Å². The average Bonchev–Trinajstić information content (AvgIpc) is 2.70. The van der Waals surface area contributed by atoms with Crippen molar-refractivity contribution in [1.82, 2.24) is 15.6 Å². The molecule has 1 aromatic heterocycles. The first kappa shape index (κ1) is 12.1. The maximum atomic E-state index is 11.4. The van der Waals surface area contributed by atoms with Crippen LogP contribution in [0.2, 0.25) is 0 Å². The van der Waals surface area contributed by atoms with Gasteiger partial charge in [0.2, 0.25) is 5.91 Å². The summed E-state index contributed by atoms with van der Waals surface area (Å²) in [7, 11) is 0. The van der Waals surface area contributed by atoms with Crippen LogP contribution in [0.4, 0.5) is 0 Å². The lowest BCUT2D eigenvalue weighted by Crippen LogP contribution is -2.29. The predicted molar refractivity (Wildman–Crippen MR) is 61.8 cm³/mol. The van der Waals surface area contributed by atoms with E-state index in [1.165, 1.54) is 0 Å². The summed E-state index contributed by atoms with van der Waals surface area (Å²) in [6.07, 6.45) is 2.27. The monoisotopic (exact) mass is 227 g/mol. The van der Waals surface area contributed by atoms with Crippen LogP contribution in [0.15, 0.2) is 11.6 Å². The van der Waals surface area contributed by atoms with Gasteiger partial charge in [0.15, 0.2) is 0 Å². The van der Waals surface area contributed by atoms with E-state index in [9.17, 15) is 4.79 Å². The Balaban J connectivity index is 2.26. The summed E-state index contributed by atoms with van der Waals surface area (Å²) >= 11 is 1.56. The Morgan fingerprint density at radius 2 is 2.47 bits per heavy atom. The Bertz CT molecular complexity index is 287. The van der Waals surface area contributed by atoms with E-state index < -0.39 is 0 Å². The minimum Gasteiger partial charge on any atom is -0.347 e. The highest BCUT2D eigenvalue weighted by molar-refractivity contribution is 7.09. The minimum absolute atomic E-state index is 0.0131. The SMILES string of the molecule is CCNCCC(=O)NC(C)c1nccs1. The number of hydrogen-bond acceptors (Lipinski definition) is 4. The molecule has 1 amide bonds. The molecule has 2 N–H and O–H groups in total. The summed E-state index contributed by atoms with van der Waals surface area (Å²) in [5.74, 6) is 0.0682. The molecule has 15 heavy (non-hydrogen) atoms. The lowest BCUT2D eigenvalue weighted by molar-refractivity contribution is -0.121. The van der Waals surface area contributed by atoms with Gasteiger partial charge in [0.1, 0.15) is 5.01 Å². The molecule has 84 valence electrons. The van der Waals surface area contributed by atoms with Gasteiger partial charge >= 0.3 is 0 Å². The minimum atomic E-state index is 0.0131. The standard InChI is InChI=1S/C10H17N3OS/c1-3-11-5-4-9(14)13-8(2)10-12-6-7-15-10/h6-8,11H,3-5H2,1-2H3,(H,13,14). The third-order valence-electron chi connectivity index (χ3n) is 1.98. The van der Waals surface area contributed by atoms with E-state index in [0.717, 1.165) is 18.1 Å². The van der Waals surface area contributed by atoms with Gasteiger partial charge in [0.05, 0.1) is 6.04 Å². The molecular weight excluding hydrogens is 210 g/mol. The van der Waals surface area contributed by atoms with Crippen molar-refractivity contribution >= 4 is 17.2 Å². The van der Waals surface area contributed by atoms with Crippen LogP contribution < -0.4 is 10.6 Å². The highest BCUT2D eigenvalue weighted by Crippen LogP contribution is 2.14. The topological polar surface area (TPSA) is 54.0 Å². The molecule has 0 fully saturated rings. The second-order valence-corrected chi connectivity index (χ2v) is 4.19. The normalized spacial score (nSPS) is 12.4. The molecule has 0 aliphatic carbocycles. The molecule has 0 saturated heterocycles. The van der Waals surface area contributed by atoms with Crippen molar-refractivity contribution in [2.24, 2.45) is 0 Å². The third-order valence-corrected chi connectivity index (χ3v) is 2.94. The fourth-order valence-electron chi connectivity index (χ4n) is 1.20. The number of thiazole rings is 1. The highest BCUT2D eigenvalue weighted by atomic mass is 32.1. The summed E-state index contributed by atoms with van der Waals surface area (Å²) < 4.78 is 0. The molecule has 0 saturated carbocycles. The maximum absolute atomic E-state index is 11.4. The largest absolute Gasteiger partial charge is 0.347 e. The molecule has 0 aromatic carbocycles. The van der Waals surface area contributed by atoms with Gasteiger partial charge in [-0.1, -0.05) is 6.92 Å². The molecule has 0 aliphatic rings. The van der Waals surface area contributed by atoms with Gasteiger partial charge in [-0.2, -0.15) is 0 Å². The Hall–Kier alpha value is -0.940. The highest BCUT2D eigenvalue weighted by Gasteiger charge is 2.10. The quantitative estimate of drug-likeness (QED) is 0.721. The molecule has 0 radical (unpaired) electrons. The molecule has 0 spiro atoms. The zero-order valence-electron chi connectivity index (χ0n) is 9.12. The van der Waals surface area contributed by atoms with E-state index in [4.69, 9.17) is 0 Å². The third kappa shape index (κ3) is 4.40. The van der Waals surface area contributed by atoms with E-state index in [1.54, 1.807) is 17.5 Å². The van der Waals surface area contributed by atoms with Crippen LogP contribution in [-0.2, 0) is 4.79 Å². The fraction of sp³-hybridized carbons (Fsp3) is 0.600. The molecule has 4 nitrogen and oxygen atoms in total. The van der Waals surface area contributed by atoms with Crippen molar-refractivity contribution in [2.45, 2.75) is 26.3 Å². The van der Waals surface area contributed by atoms with Crippen molar-refractivity contribution in [2.75, 3.05) is 13.1 Å². The predicted octanol–water partition coefficient (Wildman–Crippen LogP) is 1.32. The summed E-state index contributed by atoms with van der Waals surface area (Å²) in [5, 5.41) is 8.89. The number of nitrogens with zero attached hydrogens (tertiary/aromatic N) is 1. The second-order valence-electron chi connectivity index (χ2n) is 3.26. The molecule has 1 aromatic rings. The van der Waals surface area contributed by atoms with Gasteiger partial charge in [-0.05, 0) is 13.5 Å². The van der Waals surface area contributed by atoms with Gasteiger partial charge < -0.3 is 10.6 Å². The van der Waals surface area contributed by atoms with Crippen molar-refractivity contribution < 1.29 is 4.79 Å². The Kier molecular flexibility index (Phi) is 5.28. The lowest BCUT2D eigenvalue weighted by atomic mass is 10.3. The van der Waals surface area contributed by atoms with E-state index in [-0.39, 0.29) is 11.9 Å². The van der Waals surface area contributed by atoms with Gasteiger partial charge in [0, 0.05) is 24.5 Å². The zero-order chi connectivity index (χ0) is 11.1. The van der Waals surface area contributed by atoms with E-state index in [2.05, 4.69) is 15.6 Å². The average molecular weight is 227 g/mol. The van der Waals surface area contributed by atoms with E-state index in [0.29, 0.717) is 6.42 Å². The van der Waals surface area contributed by atoms with Gasteiger partial charge in [-0.3, -0.25) is 4.79 Å². The first-order valence-electron chi connectivity index (χ1n) is 5.13. The van der Waals surface area contributed by atoms with E-state index in [1.807, 2.05) is 19.2 Å².